The Labute approximate surface area is 229 Å². The summed E-state index contributed by atoms with van der Waals surface area (Å²) < 4.78 is 0. The fraction of sp³-hybridized carbons (Fsp3) is 0.333. The molecule has 3 aromatic rings. The van der Waals surface area contributed by atoms with Crippen molar-refractivity contribution in [3.63, 3.8) is 0 Å². The second-order valence-electron chi connectivity index (χ2n) is 9.40. The average molecular weight is 556 g/mol. The smallest absolute Gasteiger partial charge is 0.326 e. The van der Waals surface area contributed by atoms with Gasteiger partial charge in [-0.15, -0.1) is 0 Å². The van der Waals surface area contributed by atoms with Crippen LogP contribution in [0.1, 0.15) is 18.1 Å². The van der Waals surface area contributed by atoms with Gasteiger partial charge in [0.15, 0.2) is 0 Å². The summed E-state index contributed by atoms with van der Waals surface area (Å²) in [5.41, 5.74) is 7.58. The van der Waals surface area contributed by atoms with Crippen molar-refractivity contribution in [2.24, 2.45) is 5.73 Å². The summed E-state index contributed by atoms with van der Waals surface area (Å²) in [5, 5.41) is 46.5. The number of rotatable bonds is 13. The molecule has 40 heavy (non-hydrogen) atoms. The molecule has 0 aliphatic carbocycles. The van der Waals surface area contributed by atoms with Gasteiger partial charge in [0.05, 0.1) is 12.7 Å². The maximum absolute atomic E-state index is 13.4. The van der Waals surface area contributed by atoms with Crippen LogP contribution in [-0.4, -0.2) is 86.0 Å². The van der Waals surface area contributed by atoms with Crippen molar-refractivity contribution in [3.05, 3.63) is 65.9 Å². The van der Waals surface area contributed by atoms with Gasteiger partial charge in [0.2, 0.25) is 17.7 Å². The van der Waals surface area contributed by atoms with E-state index in [1.165, 1.54) is 31.2 Å². The van der Waals surface area contributed by atoms with Crippen LogP contribution in [0, 0.1) is 0 Å². The highest BCUT2D eigenvalue weighted by molar-refractivity contribution is 5.95. The van der Waals surface area contributed by atoms with Gasteiger partial charge in [0.1, 0.15) is 29.9 Å². The molecule has 13 heteroatoms. The topological polar surface area (TPSA) is 227 Å². The largest absolute Gasteiger partial charge is 0.508 e. The van der Waals surface area contributed by atoms with Crippen LogP contribution in [0.2, 0.25) is 0 Å². The number of aromatic hydroxyl groups is 1. The third-order valence-corrected chi connectivity index (χ3v) is 6.36. The SMILES string of the molecule is CC(O)C(N)C(=O)NC(CO)C(=O)NC(Cc1c[nH]c2ccccc12)C(=O)NC(Cc1ccc(O)cc1)C(=O)O. The Balaban J connectivity index is 1.83. The predicted molar refractivity (Wildman–Crippen MR) is 144 cm³/mol. The van der Waals surface area contributed by atoms with Gasteiger partial charge < -0.3 is 47.1 Å². The number of aliphatic hydroxyl groups excluding tert-OH is 2. The van der Waals surface area contributed by atoms with E-state index < -0.39 is 60.6 Å². The summed E-state index contributed by atoms with van der Waals surface area (Å²) in [6.07, 6.45) is 0.299. The van der Waals surface area contributed by atoms with E-state index in [1.54, 1.807) is 12.3 Å². The number of aliphatic carboxylic acids is 1. The van der Waals surface area contributed by atoms with E-state index in [1.807, 2.05) is 18.2 Å². The molecule has 5 atom stereocenters. The van der Waals surface area contributed by atoms with E-state index in [2.05, 4.69) is 20.9 Å². The number of nitrogens with one attached hydrogen (secondary N) is 4. The van der Waals surface area contributed by atoms with Crippen LogP contribution in [0.3, 0.4) is 0 Å². The second-order valence-corrected chi connectivity index (χ2v) is 9.40. The van der Waals surface area contributed by atoms with Gasteiger partial charge in [-0.2, -0.15) is 0 Å². The Hall–Kier alpha value is -4.46. The zero-order valence-corrected chi connectivity index (χ0v) is 21.7. The summed E-state index contributed by atoms with van der Waals surface area (Å²) in [6.45, 7) is 0.459. The van der Waals surface area contributed by atoms with Crippen molar-refractivity contribution >= 4 is 34.6 Å². The summed E-state index contributed by atoms with van der Waals surface area (Å²) >= 11 is 0. The van der Waals surface area contributed by atoms with Gasteiger partial charge in [-0.3, -0.25) is 14.4 Å². The lowest BCUT2D eigenvalue weighted by molar-refractivity contribution is -0.142. The first-order valence-corrected chi connectivity index (χ1v) is 12.5. The molecule has 214 valence electrons. The summed E-state index contributed by atoms with van der Waals surface area (Å²) in [6, 6.07) is 7.57. The number of phenolic OH excluding ortho intramolecular Hbond substituents is 1. The number of hydrogen-bond acceptors (Lipinski definition) is 8. The highest BCUT2D eigenvalue weighted by atomic mass is 16.4. The molecule has 0 saturated heterocycles. The molecule has 3 amide bonds. The Morgan fingerprint density at radius 2 is 1.48 bits per heavy atom. The molecular weight excluding hydrogens is 522 g/mol. The molecule has 10 N–H and O–H groups in total. The zero-order valence-electron chi connectivity index (χ0n) is 21.7. The third kappa shape index (κ3) is 7.79. The number of carbonyl (C=O) groups is 4. The molecule has 0 fully saturated rings. The predicted octanol–water partition coefficient (Wildman–Crippen LogP) is -1.10. The molecule has 1 aromatic heterocycles. The molecular formula is C27H33N5O8. The van der Waals surface area contributed by atoms with Crippen LogP contribution in [0.5, 0.6) is 5.75 Å². The Kier molecular flexibility index (Phi) is 10.2. The van der Waals surface area contributed by atoms with Crippen LogP contribution in [0.15, 0.2) is 54.7 Å². The molecule has 0 aliphatic rings. The standard InChI is InChI=1S/C27H33N5O8/c1-14(34)23(28)26(38)32-22(13-33)25(37)30-20(11-16-12-29-19-5-3-2-4-18(16)19)24(36)31-21(27(39)40)10-15-6-8-17(35)9-7-15/h2-9,12,14,20-23,29,33-35H,10-11,13,28H2,1H3,(H,30,37)(H,31,36)(H,32,38)(H,39,40). The summed E-state index contributed by atoms with van der Waals surface area (Å²) in [7, 11) is 0. The van der Waals surface area contributed by atoms with Gasteiger partial charge in [0.25, 0.3) is 0 Å². The van der Waals surface area contributed by atoms with E-state index in [9.17, 15) is 39.6 Å². The highest BCUT2D eigenvalue weighted by Gasteiger charge is 2.31. The third-order valence-electron chi connectivity index (χ3n) is 6.36. The number of benzene rings is 2. The number of carbonyl (C=O) groups excluding carboxylic acids is 3. The Bertz CT molecular complexity index is 1340. The lowest BCUT2D eigenvalue weighted by atomic mass is 10.0. The molecule has 0 aliphatic heterocycles. The molecule has 1 heterocycles. The van der Waals surface area contributed by atoms with Crippen LogP contribution < -0.4 is 21.7 Å². The quantitative estimate of drug-likeness (QED) is 0.124. The first-order valence-electron chi connectivity index (χ1n) is 12.5. The van der Waals surface area contributed by atoms with Crippen molar-refractivity contribution in [2.45, 2.75) is 50.0 Å². The lowest BCUT2D eigenvalue weighted by Gasteiger charge is -2.25. The van der Waals surface area contributed by atoms with Crippen molar-refractivity contribution in [1.82, 2.24) is 20.9 Å². The summed E-state index contributed by atoms with van der Waals surface area (Å²) in [5.74, 6) is -3.93. The van der Waals surface area contributed by atoms with Gasteiger partial charge in [-0.05, 0) is 36.2 Å². The van der Waals surface area contributed by atoms with E-state index in [-0.39, 0.29) is 18.6 Å². The maximum Gasteiger partial charge on any atom is 0.326 e. The minimum absolute atomic E-state index is 0.00102. The Morgan fingerprint density at radius 1 is 0.875 bits per heavy atom. The molecule has 2 aromatic carbocycles. The van der Waals surface area contributed by atoms with Crippen molar-refractivity contribution < 1.29 is 39.6 Å². The summed E-state index contributed by atoms with van der Waals surface area (Å²) in [4.78, 5) is 53.7. The molecule has 0 saturated carbocycles. The fourth-order valence-corrected chi connectivity index (χ4v) is 4.02. The second kappa shape index (κ2) is 13.6. The molecule has 0 bridgehead atoms. The van der Waals surface area contributed by atoms with Crippen LogP contribution in [0.25, 0.3) is 10.9 Å². The average Bonchev–Trinajstić information content (AvgIpc) is 3.33. The van der Waals surface area contributed by atoms with Crippen molar-refractivity contribution in [3.8, 4) is 5.75 Å². The normalized spacial score (nSPS) is 14.9. The first kappa shape index (κ1) is 30.1. The number of phenols is 1. The number of nitrogens with two attached hydrogens (primary N) is 1. The van der Waals surface area contributed by atoms with E-state index in [0.717, 1.165) is 10.9 Å². The number of H-pyrrole nitrogens is 1. The number of carboxylic acids is 1. The zero-order chi connectivity index (χ0) is 29.4. The number of fused-ring (bicyclic) bond motifs is 1. The van der Waals surface area contributed by atoms with Crippen LogP contribution >= 0.6 is 0 Å². The Morgan fingerprint density at radius 3 is 2.10 bits per heavy atom. The fourth-order valence-electron chi connectivity index (χ4n) is 4.02. The van der Waals surface area contributed by atoms with Gasteiger partial charge in [0, 0.05) is 29.9 Å². The lowest BCUT2D eigenvalue weighted by Crippen LogP contribution is -2.59. The number of aromatic nitrogens is 1. The number of carboxylic acid groups (broad SMARTS) is 1. The number of aliphatic hydroxyl groups is 2. The van der Waals surface area contributed by atoms with Crippen LogP contribution in [-0.2, 0) is 32.0 Å². The number of hydrogen-bond donors (Lipinski definition) is 9. The van der Waals surface area contributed by atoms with E-state index in [4.69, 9.17) is 5.73 Å². The molecule has 0 spiro atoms. The maximum atomic E-state index is 13.4. The van der Waals surface area contributed by atoms with E-state index in [0.29, 0.717) is 11.1 Å². The monoisotopic (exact) mass is 555 g/mol. The number of para-hydroxylation sites is 1. The van der Waals surface area contributed by atoms with Gasteiger partial charge >= 0.3 is 5.97 Å². The molecule has 13 nitrogen and oxygen atoms in total. The molecule has 0 radical (unpaired) electrons. The first-order chi connectivity index (χ1) is 19.0. The van der Waals surface area contributed by atoms with Crippen molar-refractivity contribution in [1.29, 1.82) is 0 Å². The number of aromatic amines is 1. The molecule has 3 rings (SSSR count). The minimum Gasteiger partial charge on any atom is -0.508 e. The van der Waals surface area contributed by atoms with Gasteiger partial charge in [-0.25, -0.2) is 4.79 Å². The number of amides is 3. The molecule has 5 unspecified atom stereocenters. The van der Waals surface area contributed by atoms with Crippen LogP contribution in [0.4, 0.5) is 0 Å². The van der Waals surface area contributed by atoms with Gasteiger partial charge in [-0.1, -0.05) is 30.3 Å². The van der Waals surface area contributed by atoms with Crippen molar-refractivity contribution in [2.75, 3.05) is 6.61 Å². The minimum atomic E-state index is -1.50. The highest BCUT2D eigenvalue weighted by Crippen LogP contribution is 2.19. The van der Waals surface area contributed by atoms with E-state index >= 15 is 0 Å².